The van der Waals surface area contributed by atoms with Gasteiger partial charge >= 0.3 is 0 Å². The van der Waals surface area contributed by atoms with E-state index < -0.39 is 0 Å². The first-order valence-electron chi connectivity index (χ1n) is 6.06. The van der Waals surface area contributed by atoms with E-state index in [1.54, 1.807) is 0 Å². The van der Waals surface area contributed by atoms with E-state index >= 15 is 0 Å². The summed E-state index contributed by atoms with van der Waals surface area (Å²) in [7, 11) is 0. The molecule has 0 nitrogen and oxygen atoms in total. The summed E-state index contributed by atoms with van der Waals surface area (Å²) in [5, 5.41) is 0. The van der Waals surface area contributed by atoms with Crippen LogP contribution in [0.1, 0.15) is 60.3 Å². The van der Waals surface area contributed by atoms with Gasteiger partial charge in [-0.2, -0.15) is 0 Å². The van der Waals surface area contributed by atoms with Crippen LogP contribution in [0.2, 0.25) is 0 Å². The first-order chi connectivity index (χ1) is 6.06. The minimum atomic E-state index is 0.663. The van der Waals surface area contributed by atoms with Crippen molar-refractivity contribution in [2.75, 3.05) is 0 Å². The zero-order valence-corrected chi connectivity index (χ0v) is 10.1. The Bertz CT molecular complexity index is 157. The van der Waals surface area contributed by atoms with Crippen molar-refractivity contribution in [2.45, 2.75) is 60.3 Å². The van der Waals surface area contributed by atoms with Gasteiger partial charge in [-0.3, -0.25) is 0 Å². The fourth-order valence-electron chi connectivity index (χ4n) is 3.10. The SMILES string of the molecule is CCC(CC)C(C)C1(C)CCC1C. The summed E-state index contributed by atoms with van der Waals surface area (Å²) in [6, 6.07) is 0. The maximum atomic E-state index is 2.50. The molecule has 0 heterocycles. The van der Waals surface area contributed by atoms with Crippen LogP contribution in [0.15, 0.2) is 0 Å². The topological polar surface area (TPSA) is 0 Å². The highest BCUT2D eigenvalue weighted by Gasteiger charge is 2.45. The summed E-state index contributed by atoms with van der Waals surface area (Å²) >= 11 is 0. The third-order valence-corrected chi connectivity index (χ3v) is 5.04. The average Bonchev–Trinajstić information content (AvgIpc) is 2.16. The highest BCUT2D eigenvalue weighted by atomic mass is 14.5. The predicted molar refractivity (Wildman–Crippen MR) is 59.7 cm³/mol. The minimum absolute atomic E-state index is 0.663. The molecule has 3 atom stereocenters. The first-order valence-corrected chi connectivity index (χ1v) is 6.06. The van der Waals surface area contributed by atoms with Crippen LogP contribution < -0.4 is 0 Å². The highest BCUT2D eigenvalue weighted by molar-refractivity contribution is 4.94. The molecule has 0 aromatic carbocycles. The van der Waals surface area contributed by atoms with Gasteiger partial charge in [0, 0.05) is 0 Å². The van der Waals surface area contributed by atoms with Gasteiger partial charge in [-0.05, 0) is 36.0 Å². The summed E-state index contributed by atoms with van der Waals surface area (Å²) in [4.78, 5) is 0. The lowest BCUT2D eigenvalue weighted by Crippen LogP contribution is -2.43. The normalized spacial score (nSPS) is 36.0. The van der Waals surface area contributed by atoms with Crippen molar-refractivity contribution in [3.63, 3.8) is 0 Å². The molecule has 1 rings (SSSR count). The van der Waals surface area contributed by atoms with Crippen LogP contribution in [0.4, 0.5) is 0 Å². The predicted octanol–water partition coefficient (Wildman–Crippen LogP) is 4.49. The molecule has 13 heavy (non-hydrogen) atoms. The zero-order chi connectivity index (χ0) is 10.1. The number of rotatable bonds is 4. The smallest absolute Gasteiger partial charge is 0.0272 e. The van der Waals surface area contributed by atoms with E-state index in [1.165, 1.54) is 25.7 Å². The van der Waals surface area contributed by atoms with Gasteiger partial charge in [0.1, 0.15) is 0 Å². The molecular weight excluding hydrogens is 156 g/mol. The van der Waals surface area contributed by atoms with E-state index in [0.29, 0.717) is 5.41 Å². The lowest BCUT2D eigenvalue weighted by Gasteiger charge is -2.52. The van der Waals surface area contributed by atoms with E-state index in [2.05, 4.69) is 34.6 Å². The molecule has 0 spiro atoms. The Morgan fingerprint density at radius 3 is 2.08 bits per heavy atom. The molecule has 1 saturated carbocycles. The van der Waals surface area contributed by atoms with Crippen molar-refractivity contribution in [3.8, 4) is 0 Å². The molecule has 0 N–H and O–H groups in total. The lowest BCUT2D eigenvalue weighted by molar-refractivity contribution is -0.0236. The van der Waals surface area contributed by atoms with Crippen LogP contribution in [0.25, 0.3) is 0 Å². The van der Waals surface area contributed by atoms with Gasteiger partial charge in [-0.25, -0.2) is 0 Å². The van der Waals surface area contributed by atoms with E-state index in [9.17, 15) is 0 Å². The van der Waals surface area contributed by atoms with Crippen molar-refractivity contribution < 1.29 is 0 Å². The van der Waals surface area contributed by atoms with Crippen LogP contribution in [0, 0.1) is 23.2 Å². The summed E-state index contributed by atoms with van der Waals surface area (Å²) in [6.45, 7) is 12.1. The van der Waals surface area contributed by atoms with Crippen molar-refractivity contribution in [3.05, 3.63) is 0 Å². The van der Waals surface area contributed by atoms with Gasteiger partial charge in [0.2, 0.25) is 0 Å². The second-order valence-corrected chi connectivity index (χ2v) is 5.31. The fraction of sp³-hybridized carbons (Fsp3) is 1.00. The first kappa shape index (κ1) is 11.1. The van der Waals surface area contributed by atoms with Crippen molar-refractivity contribution in [1.29, 1.82) is 0 Å². The Kier molecular flexibility index (Phi) is 3.43. The van der Waals surface area contributed by atoms with Gasteiger partial charge in [0.25, 0.3) is 0 Å². The Labute approximate surface area is 84.1 Å². The maximum absolute atomic E-state index is 2.50. The molecule has 0 saturated heterocycles. The third-order valence-electron chi connectivity index (χ3n) is 5.04. The molecule has 0 amide bonds. The van der Waals surface area contributed by atoms with Crippen LogP contribution in [0.3, 0.4) is 0 Å². The zero-order valence-electron chi connectivity index (χ0n) is 10.1. The molecule has 3 unspecified atom stereocenters. The standard InChI is InChI=1S/C13H26/c1-6-12(7-2)11(4)13(5)9-8-10(13)3/h10-12H,6-9H2,1-5H3. The van der Waals surface area contributed by atoms with E-state index in [-0.39, 0.29) is 0 Å². The molecule has 78 valence electrons. The quantitative estimate of drug-likeness (QED) is 0.600. The molecule has 0 heteroatoms. The summed E-state index contributed by atoms with van der Waals surface area (Å²) in [6.07, 6.45) is 5.65. The molecule has 0 bridgehead atoms. The van der Waals surface area contributed by atoms with Gasteiger partial charge < -0.3 is 0 Å². The molecule has 0 radical (unpaired) electrons. The fourth-order valence-corrected chi connectivity index (χ4v) is 3.10. The van der Waals surface area contributed by atoms with Crippen LogP contribution in [-0.2, 0) is 0 Å². The van der Waals surface area contributed by atoms with Crippen molar-refractivity contribution in [1.82, 2.24) is 0 Å². The second kappa shape index (κ2) is 4.02. The number of hydrogen-bond acceptors (Lipinski definition) is 0. The van der Waals surface area contributed by atoms with E-state index in [1.807, 2.05) is 0 Å². The Balaban J connectivity index is 2.59. The molecule has 0 aromatic rings. The Hall–Kier alpha value is 0. The molecular formula is C13H26. The van der Waals surface area contributed by atoms with Crippen LogP contribution >= 0.6 is 0 Å². The van der Waals surface area contributed by atoms with Crippen LogP contribution in [0.5, 0.6) is 0 Å². The molecule has 1 fully saturated rings. The number of hydrogen-bond donors (Lipinski definition) is 0. The third kappa shape index (κ3) is 1.78. The van der Waals surface area contributed by atoms with Gasteiger partial charge in [0.05, 0.1) is 0 Å². The summed E-state index contributed by atoms with van der Waals surface area (Å²) < 4.78 is 0. The molecule has 1 aliphatic rings. The van der Waals surface area contributed by atoms with Gasteiger partial charge in [-0.1, -0.05) is 47.5 Å². The van der Waals surface area contributed by atoms with E-state index in [0.717, 1.165) is 17.8 Å². The summed E-state index contributed by atoms with van der Waals surface area (Å²) in [5.41, 5.74) is 0.663. The molecule has 0 aliphatic heterocycles. The van der Waals surface area contributed by atoms with Gasteiger partial charge in [0.15, 0.2) is 0 Å². The van der Waals surface area contributed by atoms with E-state index in [4.69, 9.17) is 0 Å². The van der Waals surface area contributed by atoms with Gasteiger partial charge in [-0.15, -0.1) is 0 Å². The molecule has 0 aromatic heterocycles. The van der Waals surface area contributed by atoms with Crippen LogP contribution in [-0.4, -0.2) is 0 Å². The largest absolute Gasteiger partial charge is 0.0651 e. The monoisotopic (exact) mass is 182 g/mol. The summed E-state index contributed by atoms with van der Waals surface area (Å²) in [5.74, 6) is 2.84. The lowest BCUT2D eigenvalue weighted by atomic mass is 9.53. The average molecular weight is 182 g/mol. The van der Waals surface area contributed by atoms with Crippen molar-refractivity contribution in [2.24, 2.45) is 23.2 Å². The minimum Gasteiger partial charge on any atom is -0.0651 e. The Morgan fingerprint density at radius 1 is 1.31 bits per heavy atom. The highest BCUT2D eigenvalue weighted by Crippen LogP contribution is 2.54. The Morgan fingerprint density at radius 2 is 1.85 bits per heavy atom. The van der Waals surface area contributed by atoms with Crippen molar-refractivity contribution >= 4 is 0 Å². The second-order valence-electron chi connectivity index (χ2n) is 5.31. The maximum Gasteiger partial charge on any atom is -0.0272 e. The molecule has 1 aliphatic carbocycles.